The molecule has 2 aromatic rings. The summed E-state index contributed by atoms with van der Waals surface area (Å²) in [5, 5.41) is 2.89. The number of piperazine rings is 2. The van der Waals surface area contributed by atoms with E-state index in [0.29, 0.717) is 45.8 Å². The molecule has 8 heteroatoms. The summed E-state index contributed by atoms with van der Waals surface area (Å²) in [4.78, 5) is 42.7. The first-order chi connectivity index (χ1) is 16.0. The minimum absolute atomic E-state index is 0.0263. The molecule has 0 aromatic heterocycles. The number of carbonyl (C=O) groups is 3. The zero-order valence-corrected chi connectivity index (χ0v) is 18.9. The third kappa shape index (κ3) is 5.90. The molecule has 1 unspecified atom stereocenters. The molecule has 3 amide bonds. The fourth-order valence-electron chi connectivity index (χ4n) is 4.30. The number of ether oxygens (including phenoxy) is 1. The van der Waals surface area contributed by atoms with Crippen LogP contribution in [0.4, 0.5) is 0 Å². The van der Waals surface area contributed by atoms with Crippen LogP contribution >= 0.6 is 0 Å². The fraction of sp³-hybridized carbons (Fsp3) is 0.400. The summed E-state index contributed by atoms with van der Waals surface area (Å²) in [6.45, 7) is 5.41. The van der Waals surface area contributed by atoms with Crippen LogP contribution in [-0.4, -0.2) is 77.7 Å². The normalized spacial score (nSPS) is 19.2. The summed E-state index contributed by atoms with van der Waals surface area (Å²) in [5.41, 5.74) is 1.02. The molecule has 0 aliphatic carbocycles. The van der Waals surface area contributed by atoms with Crippen molar-refractivity contribution in [1.82, 2.24) is 20.0 Å². The molecule has 2 fully saturated rings. The Morgan fingerprint density at radius 3 is 2.36 bits per heavy atom. The van der Waals surface area contributed by atoms with Crippen molar-refractivity contribution in [3.05, 3.63) is 60.2 Å². The molecule has 1 atom stereocenters. The second kappa shape index (κ2) is 10.5. The summed E-state index contributed by atoms with van der Waals surface area (Å²) in [6, 6.07) is 16.9. The van der Waals surface area contributed by atoms with E-state index in [1.54, 1.807) is 16.7 Å². The van der Waals surface area contributed by atoms with Crippen molar-refractivity contribution in [1.29, 1.82) is 0 Å². The Balaban J connectivity index is 1.39. The molecule has 0 saturated carbocycles. The number of carbonyl (C=O) groups excluding carboxylic acids is 3. The second-order valence-electron chi connectivity index (χ2n) is 8.43. The zero-order chi connectivity index (χ0) is 23.2. The van der Waals surface area contributed by atoms with Crippen LogP contribution in [-0.2, 0) is 20.9 Å². The van der Waals surface area contributed by atoms with E-state index >= 15 is 0 Å². The molecule has 0 spiro atoms. The van der Waals surface area contributed by atoms with E-state index in [1.807, 2.05) is 54.6 Å². The molecule has 4 rings (SSSR count). The first kappa shape index (κ1) is 22.8. The highest BCUT2D eigenvalue weighted by molar-refractivity contribution is 5.89. The molecule has 2 saturated heterocycles. The van der Waals surface area contributed by atoms with Gasteiger partial charge in [-0.05, 0) is 29.8 Å². The Labute approximate surface area is 194 Å². The van der Waals surface area contributed by atoms with Crippen molar-refractivity contribution in [3.8, 4) is 11.5 Å². The first-order valence-electron chi connectivity index (χ1n) is 11.4. The van der Waals surface area contributed by atoms with E-state index in [1.165, 1.54) is 0 Å². The van der Waals surface area contributed by atoms with Gasteiger partial charge in [-0.2, -0.15) is 0 Å². The van der Waals surface area contributed by atoms with Crippen LogP contribution in [0, 0.1) is 0 Å². The number of benzene rings is 2. The van der Waals surface area contributed by atoms with Crippen LogP contribution in [0.2, 0.25) is 0 Å². The maximum absolute atomic E-state index is 12.9. The Kier molecular flexibility index (Phi) is 7.24. The van der Waals surface area contributed by atoms with E-state index in [0.717, 1.165) is 17.1 Å². The Morgan fingerprint density at radius 2 is 1.64 bits per heavy atom. The van der Waals surface area contributed by atoms with Gasteiger partial charge in [0, 0.05) is 52.7 Å². The van der Waals surface area contributed by atoms with Crippen molar-refractivity contribution < 1.29 is 19.1 Å². The number of para-hydroxylation sites is 1. The predicted molar refractivity (Wildman–Crippen MR) is 124 cm³/mol. The monoisotopic (exact) mass is 450 g/mol. The van der Waals surface area contributed by atoms with Crippen molar-refractivity contribution in [2.24, 2.45) is 0 Å². The molecule has 2 heterocycles. The lowest BCUT2D eigenvalue weighted by atomic mass is 10.1. The van der Waals surface area contributed by atoms with Crippen LogP contribution in [0.15, 0.2) is 54.6 Å². The lowest BCUT2D eigenvalue weighted by Gasteiger charge is -2.38. The van der Waals surface area contributed by atoms with E-state index < -0.39 is 6.04 Å². The largest absolute Gasteiger partial charge is 0.457 e. The van der Waals surface area contributed by atoms with Gasteiger partial charge < -0.3 is 19.9 Å². The molecule has 2 aliphatic rings. The van der Waals surface area contributed by atoms with Gasteiger partial charge in [-0.25, -0.2) is 0 Å². The van der Waals surface area contributed by atoms with Gasteiger partial charge in [-0.3, -0.25) is 19.3 Å². The van der Waals surface area contributed by atoms with Gasteiger partial charge in [-0.1, -0.05) is 30.3 Å². The Hall–Kier alpha value is -3.39. The minimum atomic E-state index is -0.518. The third-order valence-corrected chi connectivity index (χ3v) is 6.15. The average Bonchev–Trinajstić information content (AvgIpc) is 2.82. The molecule has 1 N–H and O–H groups in total. The Morgan fingerprint density at radius 1 is 0.939 bits per heavy atom. The summed E-state index contributed by atoms with van der Waals surface area (Å²) in [7, 11) is 0. The molecule has 0 radical (unpaired) electrons. The van der Waals surface area contributed by atoms with Gasteiger partial charge in [-0.15, -0.1) is 0 Å². The highest BCUT2D eigenvalue weighted by Crippen LogP contribution is 2.23. The van der Waals surface area contributed by atoms with Crippen LogP contribution in [0.1, 0.15) is 18.9 Å². The minimum Gasteiger partial charge on any atom is -0.457 e. The van der Waals surface area contributed by atoms with E-state index in [4.69, 9.17) is 4.74 Å². The molecule has 174 valence electrons. The molecule has 33 heavy (non-hydrogen) atoms. The Bertz CT molecular complexity index is 989. The van der Waals surface area contributed by atoms with Gasteiger partial charge in [0.05, 0.1) is 12.5 Å². The van der Waals surface area contributed by atoms with Crippen molar-refractivity contribution in [2.75, 3.05) is 39.3 Å². The zero-order valence-electron chi connectivity index (χ0n) is 18.9. The topological polar surface area (TPSA) is 82.2 Å². The van der Waals surface area contributed by atoms with E-state index in [-0.39, 0.29) is 24.1 Å². The lowest BCUT2D eigenvalue weighted by molar-refractivity contribution is -0.142. The van der Waals surface area contributed by atoms with Gasteiger partial charge >= 0.3 is 0 Å². The van der Waals surface area contributed by atoms with Crippen molar-refractivity contribution >= 4 is 17.7 Å². The van der Waals surface area contributed by atoms with Gasteiger partial charge in [0.15, 0.2) is 0 Å². The predicted octanol–water partition coefficient (Wildman–Crippen LogP) is 1.86. The van der Waals surface area contributed by atoms with Crippen LogP contribution in [0.5, 0.6) is 11.5 Å². The highest BCUT2D eigenvalue weighted by atomic mass is 16.5. The maximum atomic E-state index is 12.9. The van der Waals surface area contributed by atoms with Gasteiger partial charge in [0.25, 0.3) is 0 Å². The van der Waals surface area contributed by atoms with Gasteiger partial charge in [0.2, 0.25) is 17.7 Å². The van der Waals surface area contributed by atoms with Crippen molar-refractivity contribution in [3.63, 3.8) is 0 Å². The van der Waals surface area contributed by atoms with Crippen LogP contribution in [0.3, 0.4) is 0 Å². The fourth-order valence-corrected chi connectivity index (χ4v) is 4.30. The number of hydrogen-bond donors (Lipinski definition) is 1. The summed E-state index contributed by atoms with van der Waals surface area (Å²) < 4.78 is 5.94. The molecular formula is C25H30N4O4. The summed E-state index contributed by atoms with van der Waals surface area (Å²) in [6.07, 6.45) is 0.131. The maximum Gasteiger partial charge on any atom is 0.237 e. The smallest absolute Gasteiger partial charge is 0.237 e. The van der Waals surface area contributed by atoms with Crippen molar-refractivity contribution in [2.45, 2.75) is 25.9 Å². The molecule has 2 aromatic carbocycles. The van der Waals surface area contributed by atoms with Crippen LogP contribution in [0.25, 0.3) is 0 Å². The average molecular weight is 451 g/mol. The quantitative estimate of drug-likeness (QED) is 0.727. The first-order valence-corrected chi connectivity index (χ1v) is 11.4. The standard InChI is InChI=1S/C25H30N4O4/c1-19(30)27-12-14-28(15-13-27)24(31)17-23-25(32)26-10-11-29(23)18-20-6-5-9-22(16-20)33-21-7-3-2-4-8-21/h2-9,16,23H,10-15,17-18H2,1H3,(H,26,32). The number of rotatable bonds is 6. The van der Waals surface area contributed by atoms with E-state index in [2.05, 4.69) is 10.2 Å². The van der Waals surface area contributed by atoms with Crippen LogP contribution < -0.4 is 10.1 Å². The summed E-state index contributed by atoms with van der Waals surface area (Å²) in [5.74, 6) is 1.36. The number of nitrogens with zero attached hydrogens (tertiary/aromatic N) is 3. The summed E-state index contributed by atoms with van der Waals surface area (Å²) >= 11 is 0. The number of amides is 3. The lowest BCUT2D eigenvalue weighted by Crippen LogP contribution is -2.57. The van der Waals surface area contributed by atoms with E-state index in [9.17, 15) is 14.4 Å². The second-order valence-corrected chi connectivity index (χ2v) is 8.43. The molecule has 2 aliphatic heterocycles. The molecular weight excluding hydrogens is 420 g/mol. The molecule has 8 nitrogen and oxygen atoms in total. The SMILES string of the molecule is CC(=O)N1CCN(C(=O)CC2C(=O)NCCN2Cc2cccc(Oc3ccccc3)c2)CC1. The highest BCUT2D eigenvalue weighted by Gasteiger charge is 2.33. The van der Waals surface area contributed by atoms with Gasteiger partial charge in [0.1, 0.15) is 11.5 Å². The third-order valence-electron chi connectivity index (χ3n) is 6.15. The number of hydrogen-bond acceptors (Lipinski definition) is 5. The molecule has 0 bridgehead atoms. The number of nitrogens with one attached hydrogen (secondary N) is 1.